The lowest BCUT2D eigenvalue weighted by Crippen LogP contribution is -2.14. The Morgan fingerprint density at radius 3 is 2.64 bits per heavy atom. The van der Waals surface area contributed by atoms with E-state index in [-0.39, 0.29) is 18.1 Å². The second-order valence-corrected chi connectivity index (χ2v) is 6.46. The van der Waals surface area contributed by atoms with Gasteiger partial charge in [0.1, 0.15) is 10.1 Å². The standard InChI is InChI=1S/C14H14F2N2O2S2/c1-8-11(22-14(17-8)21-2)7-12(19)18-9-3-5-10(6-4-9)20-13(15)16/h3-6,13H,7H2,1-2H3,(H,18,19). The number of aromatic nitrogens is 1. The Morgan fingerprint density at radius 2 is 2.09 bits per heavy atom. The summed E-state index contributed by atoms with van der Waals surface area (Å²) in [4.78, 5) is 17.3. The van der Waals surface area contributed by atoms with Crippen LogP contribution in [0.1, 0.15) is 10.6 Å². The van der Waals surface area contributed by atoms with E-state index in [2.05, 4.69) is 15.0 Å². The lowest BCUT2D eigenvalue weighted by Gasteiger charge is -2.07. The first-order valence-corrected chi connectivity index (χ1v) is 8.37. The lowest BCUT2D eigenvalue weighted by atomic mass is 10.2. The van der Waals surface area contributed by atoms with E-state index in [0.29, 0.717) is 5.69 Å². The van der Waals surface area contributed by atoms with Crippen molar-refractivity contribution in [2.24, 2.45) is 0 Å². The van der Waals surface area contributed by atoms with Crippen molar-refractivity contribution in [3.63, 3.8) is 0 Å². The molecule has 1 heterocycles. The first-order valence-electron chi connectivity index (χ1n) is 6.33. The Hall–Kier alpha value is -1.67. The maximum atomic E-state index is 12.0. The summed E-state index contributed by atoms with van der Waals surface area (Å²) in [6.45, 7) is -0.990. The molecule has 0 aliphatic carbocycles. The first-order chi connectivity index (χ1) is 10.5. The third-order valence-electron chi connectivity index (χ3n) is 2.73. The van der Waals surface area contributed by atoms with E-state index in [0.717, 1.165) is 14.9 Å². The smallest absolute Gasteiger partial charge is 0.387 e. The van der Waals surface area contributed by atoms with Crippen molar-refractivity contribution >= 4 is 34.7 Å². The number of ether oxygens (including phenoxy) is 1. The molecule has 1 aromatic heterocycles. The number of hydrogen-bond donors (Lipinski definition) is 1. The molecule has 4 nitrogen and oxygen atoms in total. The normalized spacial score (nSPS) is 10.8. The number of carbonyl (C=O) groups is 1. The van der Waals surface area contributed by atoms with Crippen LogP contribution in [0.5, 0.6) is 5.75 Å². The average Bonchev–Trinajstić information content (AvgIpc) is 2.81. The van der Waals surface area contributed by atoms with Gasteiger partial charge in [-0.2, -0.15) is 8.78 Å². The molecule has 2 aromatic rings. The Kier molecular flexibility index (Phi) is 5.73. The summed E-state index contributed by atoms with van der Waals surface area (Å²) in [5.41, 5.74) is 1.38. The van der Waals surface area contributed by atoms with Gasteiger partial charge in [0.15, 0.2) is 0 Å². The Bertz CT molecular complexity index is 645. The molecule has 0 radical (unpaired) electrons. The number of carbonyl (C=O) groups excluding carboxylic acids is 1. The number of alkyl halides is 2. The van der Waals surface area contributed by atoms with Crippen molar-refractivity contribution in [3.8, 4) is 5.75 Å². The van der Waals surface area contributed by atoms with Crippen LogP contribution in [-0.4, -0.2) is 23.8 Å². The minimum atomic E-state index is -2.86. The van der Waals surface area contributed by atoms with Crippen molar-refractivity contribution in [3.05, 3.63) is 34.8 Å². The zero-order chi connectivity index (χ0) is 16.1. The summed E-state index contributed by atoms with van der Waals surface area (Å²) in [6, 6.07) is 5.79. The van der Waals surface area contributed by atoms with Gasteiger partial charge >= 0.3 is 6.61 Å². The molecule has 0 spiro atoms. The summed E-state index contributed by atoms with van der Waals surface area (Å²) >= 11 is 3.04. The van der Waals surface area contributed by atoms with Gasteiger partial charge in [-0.15, -0.1) is 11.3 Å². The fourth-order valence-corrected chi connectivity index (χ4v) is 3.38. The molecule has 0 aliphatic rings. The second kappa shape index (κ2) is 7.55. The molecule has 0 fully saturated rings. The van der Waals surface area contributed by atoms with Gasteiger partial charge < -0.3 is 10.1 Å². The molecule has 1 N–H and O–H groups in total. The first kappa shape index (κ1) is 16.7. The number of thioether (sulfide) groups is 1. The highest BCUT2D eigenvalue weighted by Gasteiger charge is 2.12. The summed E-state index contributed by atoms with van der Waals surface area (Å²) in [5.74, 6) is -0.127. The van der Waals surface area contributed by atoms with Crippen molar-refractivity contribution < 1.29 is 18.3 Å². The molecule has 1 amide bonds. The monoisotopic (exact) mass is 344 g/mol. The SMILES string of the molecule is CSc1nc(C)c(CC(=O)Nc2ccc(OC(F)F)cc2)s1. The number of hydrogen-bond acceptors (Lipinski definition) is 5. The van der Waals surface area contributed by atoms with E-state index in [1.54, 1.807) is 11.8 Å². The summed E-state index contributed by atoms with van der Waals surface area (Å²) in [6.07, 6.45) is 2.17. The van der Waals surface area contributed by atoms with E-state index >= 15 is 0 Å². The molecule has 0 unspecified atom stereocenters. The van der Waals surface area contributed by atoms with Crippen LogP contribution in [0.15, 0.2) is 28.6 Å². The van der Waals surface area contributed by atoms with Crippen LogP contribution in [0, 0.1) is 6.92 Å². The van der Waals surface area contributed by atoms with Crippen molar-refractivity contribution in [2.75, 3.05) is 11.6 Å². The number of halogens is 2. The van der Waals surface area contributed by atoms with Crippen LogP contribution in [0.4, 0.5) is 14.5 Å². The van der Waals surface area contributed by atoms with Gasteiger partial charge in [0.25, 0.3) is 0 Å². The quantitative estimate of drug-likeness (QED) is 0.806. The van der Waals surface area contributed by atoms with E-state index < -0.39 is 6.61 Å². The zero-order valence-corrected chi connectivity index (χ0v) is 13.6. The molecule has 1 aromatic carbocycles. The number of amides is 1. The van der Waals surface area contributed by atoms with Crippen LogP contribution in [0.25, 0.3) is 0 Å². The molecule has 22 heavy (non-hydrogen) atoms. The number of nitrogens with zero attached hydrogens (tertiary/aromatic N) is 1. The van der Waals surface area contributed by atoms with E-state index in [1.165, 1.54) is 35.6 Å². The van der Waals surface area contributed by atoms with Gasteiger partial charge in [0, 0.05) is 10.6 Å². The molecule has 0 saturated heterocycles. The molecule has 0 saturated carbocycles. The molecule has 2 rings (SSSR count). The molecule has 0 atom stereocenters. The fraction of sp³-hybridized carbons (Fsp3) is 0.286. The molecular formula is C14H14F2N2O2S2. The lowest BCUT2D eigenvalue weighted by molar-refractivity contribution is -0.115. The van der Waals surface area contributed by atoms with Gasteiger partial charge in [0.05, 0.1) is 12.1 Å². The summed E-state index contributed by atoms with van der Waals surface area (Å²) in [7, 11) is 0. The number of rotatable bonds is 6. The average molecular weight is 344 g/mol. The Labute approximate surface area is 134 Å². The summed E-state index contributed by atoms with van der Waals surface area (Å²) in [5, 5.41) is 2.72. The highest BCUT2D eigenvalue weighted by atomic mass is 32.2. The molecular weight excluding hydrogens is 330 g/mol. The molecule has 0 bridgehead atoms. The van der Waals surface area contributed by atoms with E-state index in [9.17, 15) is 13.6 Å². The third-order valence-corrected chi connectivity index (χ3v) is 4.87. The van der Waals surface area contributed by atoms with Gasteiger partial charge in [-0.25, -0.2) is 4.98 Å². The highest BCUT2D eigenvalue weighted by Crippen LogP contribution is 2.26. The number of aryl methyl sites for hydroxylation is 1. The van der Waals surface area contributed by atoms with Gasteiger partial charge in [0.2, 0.25) is 5.91 Å². The van der Waals surface area contributed by atoms with Crippen LogP contribution in [0.2, 0.25) is 0 Å². The van der Waals surface area contributed by atoms with Crippen molar-refractivity contribution in [1.82, 2.24) is 4.98 Å². The Balaban J connectivity index is 1.95. The highest BCUT2D eigenvalue weighted by molar-refractivity contribution is 8.00. The predicted molar refractivity (Wildman–Crippen MR) is 84.0 cm³/mol. The Morgan fingerprint density at radius 1 is 1.41 bits per heavy atom. The van der Waals surface area contributed by atoms with Crippen LogP contribution in [0.3, 0.4) is 0 Å². The number of nitrogens with one attached hydrogen (secondary N) is 1. The maximum Gasteiger partial charge on any atom is 0.387 e. The molecule has 0 aliphatic heterocycles. The minimum absolute atomic E-state index is 0.0518. The number of anilines is 1. The van der Waals surface area contributed by atoms with Gasteiger partial charge in [-0.3, -0.25) is 4.79 Å². The maximum absolute atomic E-state index is 12.0. The number of benzene rings is 1. The van der Waals surface area contributed by atoms with Gasteiger partial charge in [-0.05, 0) is 37.4 Å². The molecule has 8 heteroatoms. The third kappa shape index (κ3) is 4.67. The second-order valence-electron chi connectivity index (χ2n) is 4.32. The molecule has 118 valence electrons. The van der Waals surface area contributed by atoms with E-state index in [4.69, 9.17) is 0 Å². The van der Waals surface area contributed by atoms with Gasteiger partial charge in [-0.1, -0.05) is 11.8 Å². The van der Waals surface area contributed by atoms with E-state index in [1.807, 2.05) is 13.2 Å². The number of thiazole rings is 1. The fourth-order valence-electron chi connectivity index (χ4n) is 1.72. The largest absolute Gasteiger partial charge is 0.435 e. The zero-order valence-electron chi connectivity index (χ0n) is 11.9. The van der Waals surface area contributed by atoms with Crippen LogP contribution < -0.4 is 10.1 Å². The van der Waals surface area contributed by atoms with Crippen LogP contribution in [-0.2, 0) is 11.2 Å². The van der Waals surface area contributed by atoms with Crippen molar-refractivity contribution in [2.45, 2.75) is 24.3 Å². The minimum Gasteiger partial charge on any atom is -0.435 e. The van der Waals surface area contributed by atoms with Crippen molar-refractivity contribution in [1.29, 1.82) is 0 Å². The topological polar surface area (TPSA) is 51.2 Å². The van der Waals surface area contributed by atoms with Crippen LogP contribution >= 0.6 is 23.1 Å². The predicted octanol–water partition coefficient (Wildman–Crippen LogP) is 3.96. The summed E-state index contributed by atoms with van der Waals surface area (Å²) < 4.78 is 29.3.